The molecule has 94 valence electrons. The van der Waals surface area contributed by atoms with Gasteiger partial charge >= 0.3 is 0 Å². The van der Waals surface area contributed by atoms with Crippen molar-refractivity contribution in [2.45, 2.75) is 13.8 Å². The van der Waals surface area contributed by atoms with Gasteiger partial charge in [0.15, 0.2) is 6.61 Å². The smallest absolute Gasteiger partial charge is 0.281 e. The van der Waals surface area contributed by atoms with Crippen molar-refractivity contribution in [1.29, 1.82) is 0 Å². The number of carbonyl (C=O) groups excluding carboxylic acids is 1. The second kappa shape index (κ2) is 7.14. The van der Waals surface area contributed by atoms with Crippen LogP contribution in [0.1, 0.15) is 13.8 Å². The molecule has 1 aromatic carbocycles. The number of benzene rings is 1. The second-order valence-electron chi connectivity index (χ2n) is 3.95. The summed E-state index contributed by atoms with van der Waals surface area (Å²) >= 11 is 5.87. The molecule has 0 bridgehead atoms. The topological polar surface area (TPSA) is 47.6 Å². The standard InChI is InChI=1S/C12H16ClNO3/c1-9(2)7-17-14-12(15)8-16-11-6-4-3-5-10(11)13/h3-6,9H,7-8H2,1-2H3,(H,14,15). The van der Waals surface area contributed by atoms with Crippen molar-refractivity contribution in [3.63, 3.8) is 0 Å². The monoisotopic (exact) mass is 257 g/mol. The van der Waals surface area contributed by atoms with Gasteiger partial charge in [-0.05, 0) is 18.1 Å². The average molecular weight is 258 g/mol. The van der Waals surface area contributed by atoms with Crippen LogP contribution in [0.2, 0.25) is 5.02 Å². The van der Waals surface area contributed by atoms with Crippen molar-refractivity contribution in [3.8, 4) is 5.75 Å². The fourth-order valence-electron chi connectivity index (χ4n) is 1.02. The van der Waals surface area contributed by atoms with Crippen LogP contribution in [0.25, 0.3) is 0 Å². The molecule has 1 rings (SSSR count). The number of ether oxygens (including phenoxy) is 1. The Labute approximate surface area is 106 Å². The molecule has 1 N–H and O–H groups in total. The lowest BCUT2D eigenvalue weighted by Gasteiger charge is -2.09. The molecule has 1 amide bonds. The third kappa shape index (κ3) is 5.56. The van der Waals surface area contributed by atoms with Gasteiger partial charge in [-0.2, -0.15) is 0 Å². The number of hydroxylamine groups is 1. The summed E-state index contributed by atoms with van der Waals surface area (Å²) in [6.45, 7) is 4.33. The van der Waals surface area contributed by atoms with Gasteiger partial charge in [0.25, 0.3) is 5.91 Å². The first kappa shape index (κ1) is 13.8. The van der Waals surface area contributed by atoms with Gasteiger partial charge in [-0.25, -0.2) is 5.48 Å². The molecule has 0 saturated heterocycles. The molecule has 0 aromatic heterocycles. The van der Waals surface area contributed by atoms with Crippen LogP contribution in [-0.2, 0) is 9.63 Å². The van der Waals surface area contributed by atoms with Gasteiger partial charge in [-0.1, -0.05) is 37.6 Å². The van der Waals surface area contributed by atoms with Crippen LogP contribution in [0.5, 0.6) is 5.75 Å². The number of nitrogens with one attached hydrogen (secondary N) is 1. The largest absolute Gasteiger partial charge is 0.482 e. The second-order valence-corrected chi connectivity index (χ2v) is 4.36. The van der Waals surface area contributed by atoms with E-state index in [1.54, 1.807) is 24.3 Å². The van der Waals surface area contributed by atoms with Crippen LogP contribution in [0.4, 0.5) is 0 Å². The first-order valence-electron chi connectivity index (χ1n) is 5.37. The Morgan fingerprint density at radius 1 is 1.41 bits per heavy atom. The van der Waals surface area contributed by atoms with Gasteiger partial charge in [0.1, 0.15) is 5.75 Å². The summed E-state index contributed by atoms with van der Waals surface area (Å²) in [7, 11) is 0. The summed E-state index contributed by atoms with van der Waals surface area (Å²) in [4.78, 5) is 16.3. The minimum absolute atomic E-state index is 0.123. The van der Waals surface area contributed by atoms with E-state index < -0.39 is 0 Å². The molecule has 5 heteroatoms. The predicted octanol–water partition coefficient (Wildman–Crippen LogP) is 2.42. The zero-order valence-corrected chi connectivity index (χ0v) is 10.7. The van der Waals surface area contributed by atoms with Crippen LogP contribution in [0, 0.1) is 5.92 Å². The van der Waals surface area contributed by atoms with E-state index in [0.29, 0.717) is 23.3 Å². The lowest BCUT2D eigenvalue weighted by molar-refractivity contribution is -0.136. The van der Waals surface area contributed by atoms with Crippen molar-refractivity contribution in [2.75, 3.05) is 13.2 Å². The van der Waals surface area contributed by atoms with Gasteiger partial charge in [-0.15, -0.1) is 0 Å². The highest BCUT2D eigenvalue weighted by Gasteiger charge is 2.05. The maximum Gasteiger partial charge on any atom is 0.281 e. The van der Waals surface area contributed by atoms with Gasteiger partial charge in [0.05, 0.1) is 11.6 Å². The summed E-state index contributed by atoms with van der Waals surface area (Å²) in [5.41, 5.74) is 2.30. The molecule has 1 aromatic rings. The van der Waals surface area contributed by atoms with Crippen molar-refractivity contribution in [1.82, 2.24) is 5.48 Å². The molecule has 0 atom stereocenters. The number of carbonyl (C=O) groups is 1. The molecule has 0 saturated carbocycles. The summed E-state index contributed by atoms with van der Waals surface area (Å²) in [6, 6.07) is 6.98. The fourth-order valence-corrected chi connectivity index (χ4v) is 1.21. The molecular weight excluding hydrogens is 242 g/mol. The molecule has 17 heavy (non-hydrogen) atoms. The van der Waals surface area contributed by atoms with E-state index in [4.69, 9.17) is 21.2 Å². The van der Waals surface area contributed by atoms with E-state index in [1.165, 1.54) is 0 Å². The molecular formula is C12H16ClNO3. The number of hydrogen-bond acceptors (Lipinski definition) is 3. The first-order chi connectivity index (χ1) is 8.09. The van der Waals surface area contributed by atoms with E-state index in [0.717, 1.165) is 0 Å². The number of hydrogen-bond donors (Lipinski definition) is 1. The van der Waals surface area contributed by atoms with Crippen LogP contribution in [0.3, 0.4) is 0 Å². The molecule has 0 fully saturated rings. The molecule has 0 aliphatic rings. The highest BCUT2D eigenvalue weighted by atomic mass is 35.5. The maximum atomic E-state index is 11.3. The first-order valence-corrected chi connectivity index (χ1v) is 5.75. The van der Waals surface area contributed by atoms with Crippen LogP contribution < -0.4 is 10.2 Å². The molecule has 0 aliphatic heterocycles. The summed E-state index contributed by atoms with van der Waals surface area (Å²) < 4.78 is 5.23. The third-order valence-electron chi connectivity index (χ3n) is 1.80. The fraction of sp³-hybridized carbons (Fsp3) is 0.417. The highest BCUT2D eigenvalue weighted by molar-refractivity contribution is 6.32. The Kier molecular flexibility index (Phi) is 5.80. The molecule has 0 radical (unpaired) electrons. The Balaban J connectivity index is 2.26. The van der Waals surface area contributed by atoms with E-state index in [1.807, 2.05) is 13.8 Å². The normalized spacial score (nSPS) is 10.4. The summed E-state index contributed by atoms with van der Waals surface area (Å²) in [5.74, 6) is 0.499. The van der Waals surface area contributed by atoms with Gasteiger partial charge in [0.2, 0.25) is 0 Å². The van der Waals surface area contributed by atoms with Crippen molar-refractivity contribution >= 4 is 17.5 Å². The minimum Gasteiger partial charge on any atom is -0.482 e. The predicted molar refractivity (Wildman–Crippen MR) is 65.9 cm³/mol. The number of para-hydroxylation sites is 1. The van der Waals surface area contributed by atoms with Crippen LogP contribution in [0.15, 0.2) is 24.3 Å². The number of halogens is 1. The molecule has 0 spiro atoms. The molecule has 0 unspecified atom stereocenters. The van der Waals surface area contributed by atoms with E-state index in [9.17, 15) is 4.79 Å². The molecule has 0 heterocycles. The van der Waals surface area contributed by atoms with Crippen LogP contribution >= 0.6 is 11.6 Å². The molecule has 0 aliphatic carbocycles. The van der Waals surface area contributed by atoms with Gasteiger partial charge in [0, 0.05) is 0 Å². The number of rotatable bonds is 6. The van der Waals surface area contributed by atoms with Gasteiger partial charge < -0.3 is 4.74 Å². The zero-order chi connectivity index (χ0) is 12.7. The highest BCUT2D eigenvalue weighted by Crippen LogP contribution is 2.22. The average Bonchev–Trinajstić information content (AvgIpc) is 2.27. The summed E-state index contributed by atoms with van der Waals surface area (Å²) in [6.07, 6.45) is 0. The zero-order valence-electron chi connectivity index (χ0n) is 9.90. The quantitative estimate of drug-likeness (QED) is 0.797. The minimum atomic E-state index is -0.342. The van der Waals surface area contributed by atoms with Crippen LogP contribution in [-0.4, -0.2) is 19.1 Å². The Morgan fingerprint density at radius 3 is 2.76 bits per heavy atom. The van der Waals surface area contributed by atoms with Crippen molar-refractivity contribution < 1.29 is 14.4 Å². The maximum absolute atomic E-state index is 11.3. The lowest BCUT2D eigenvalue weighted by atomic mass is 10.2. The SMILES string of the molecule is CC(C)CONC(=O)COc1ccccc1Cl. The van der Waals surface area contributed by atoms with E-state index >= 15 is 0 Å². The summed E-state index contributed by atoms with van der Waals surface area (Å²) in [5, 5.41) is 0.475. The Bertz CT molecular complexity index is 369. The lowest BCUT2D eigenvalue weighted by Crippen LogP contribution is -2.30. The number of amides is 1. The van der Waals surface area contributed by atoms with Crippen molar-refractivity contribution in [3.05, 3.63) is 29.3 Å². The Hall–Kier alpha value is -1.26. The van der Waals surface area contributed by atoms with Crippen molar-refractivity contribution in [2.24, 2.45) is 5.92 Å². The van der Waals surface area contributed by atoms with E-state index in [-0.39, 0.29) is 12.5 Å². The van der Waals surface area contributed by atoms with Gasteiger partial charge in [-0.3, -0.25) is 9.63 Å². The third-order valence-corrected chi connectivity index (χ3v) is 2.11. The Morgan fingerprint density at radius 2 is 2.12 bits per heavy atom. The molecule has 4 nitrogen and oxygen atoms in total. The van der Waals surface area contributed by atoms with E-state index in [2.05, 4.69) is 5.48 Å².